The van der Waals surface area contributed by atoms with Crippen molar-refractivity contribution in [1.82, 2.24) is 0 Å². The zero-order valence-corrected chi connectivity index (χ0v) is 20.0. The van der Waals surface area contributed by atoms with Crippen LogP contribution in [0.5, 0.6) is 5.75 Å². The molecule has 0 saturated heterocycles. The van der Waals surface area contributed by atoms with Crippen LogP contribution in [0.25, 0.3) is 0 Å². The average molecular weight is 458 g/mol. The van der Waals surface area contributed by atoms with Crippen LogP contribution in [0.15, 0.2) is 51.9 Å². The first-order chi connectivity index (χ1) is 16.3. The third kappa shape index (κ3) is 3.81. The lowest BCUT2D eigenvalue weighted by atomic mass is 9.74. The molecule has 34 heavy (non-hydrogen) atoms. The van der Waals surface area contributed by atoms with Gasteiger partial charge in [0.15, 0.2) is 0 Å². The standard InChI is InChI=1S/C27H27N3O4/c1-6-18-12-21-24(19-7-8-23(28-31)14(2)9-19)22(13-34-27(21)17(5)26(18)30-33)20-10-15(3)25(29-32)16(4)11-20/h7-12,22,24H,6,13H2,1-5H3. The summed E-state index contributed by atoms with van der Waals surface area (Å²) in [5.74, 6) is 0.531. The molecule has 0 aromatic heterocycles. The molecule has 2 atom stereocenters. The topological polar surface area (TPSA) is 97.5 Å². The molecule has 0 aliphatic carbocycles. The van der Waals surface area contributed by atoms with Crippen molar-refractivity contribution in [2.45, 2.75) is 52.9 Å². The van der Waals surface area contributed by atoms with E-state index in [1.807, 2.05) is 65.0 Å². The van der Waals surface area contributed by atoms with E-state index in [-0.39, 0.29) is 11.8 Å². The van der Waals surface area contributed by atoms with E-state index in [0.717, 1.165) is 44.5 Å². The lowest BCUT2D eigenvalue weighted by molar-refractivity contribution is 0.247. The molecule has 4 rings (SSSR count). The lowest BCUT2D eigenvalue weighted by Crippen LogP contribution is -2.26. The summed E-state index contributed by atoms with van der Waals surface area (Å²) in [7, 11) is 0. The van der Waals surface area contributed by atoms with E-state index in [0.29, 0.717) is 35.8 Å². The van der Waals surface area contributed by atoms with Crippen molar-refractivity contribution in [3.63, 3.8) is 0 Å². The van der Waals surface area contributed by atoms with Gasteiger partial charge >= 0.3 is 0 Å². The van der Waals surface area contributed by atoms with Gasteiger partial charge in [-0.25, -0.2) is 0 Å². The van der Waals surface area contributed by atoms with E-state index in [1.165, 1.54) is 0 Å². The molecule has 1 aliphatic heterocycles. The molecule has 0 amide bonds. The van der Waals surface area contributed by atoms with Crippen molar-refractivity contribution < 1.29 is 4.74 Å². The van der Waals surface area contributed by atoms with Crippen LogP contribution in [0, 0.1) is 42.4 Å². The summed E-state index contributed by atoms with van der Waals surface area (Å²) in [6.07, 6.45) is 0.664. The summed E-state index contributed by atoms with van der Waals surface area (Å²) in [6.45, 7) is 9.90. The summed E-state index contributed by atoms with van der Waals surface area (Å²) < 4.78 is 6.27. The Morgan fingerprint density at radius 1 is 0.824 bits per heavy atom. The van der Waals surface area contributed by atoms with Gasteiger partial charge in [0, 0.05) is 23.0 Å². The number of hydrogen-bond donors (Lipinski definition) is 0. The second-order valence-electron chi connectivity index (χ2n) is 9.00. The molecule has 0 saturated carbocycles. The van der Waals surface area contributed by atoms with Crippen molar-refractivity contribution in [3.05, 3.63) is 95.6 Å². The molecule has 0 N–H and O–H groups in total. The number of ether oxygens (including phenoxy) is 1. The van der Waals surface area contributed by atoms with Crippen LogP contribution < -0.4 is 4.74 Å². The van der Waals surface area contributed by atoms with E-state index < -0.39 is 0 Å². The van der Waals surface area contributed by atoms with Crippen LogP contribution in [0.4, 0.5) is 17.1 Å². The highest BCUT2D eigenvalue weighted by molar-refractivity contribution is 5.65. The number of rotatable bonds is 6. The molecule has 3 aromatic rings. The number of nitrogens with zero attached hydrogens (tertiary/aromatic N) is 3. The molecule has 0 fully saturated rings. The third-order valence-electron chi connectivity index (χ3n) is 6.92. The molecule has 0 bridgehead atoms. The van der Waals surface area contributed by atoms with Crippen molar-refractivity contribution in [1.29, 1.82) is 0 Å². The Kier molecular flexibility index (Phi) is 6.37. The SMILES string of the molecule is CCc1cc2c(c(C)c1N=O)OCC(c1cc(C)c(N=O)c(C)c1)C2c1ccc(N=O)c(C)c1. The first-order valence-corrected chi connectivity index (χ1v) is 11.3. The number of hydrogen-bond acceptors (Lipinski definition) is 7. The van der Waals surface area contributed by atoms with Crippen LogP contribution in [-0.2, 0) is 6.42 Å². The maximum absolute atomic E-state index is 11.6. The molecule has 7 nitrogen and oxygen atoms in total. The fraction of sp³-hybridized carbons (Fsp3) is 0.333. The smallest absolute Gasteiger partial charge is 0.128 e. The monoisotopic (exact) mass is 457 g/mol. The molecule has 0 spiro atoms. The zero-order chi connectivity index (χ0) is 24.6. The minimum atomic E-state index is -0.0957. The average Bonchev–Trinajstić information content (AvgIpc) is 2.82. The first kappa shape index (κ1) is 23.4. The zero-order valence-electron chi connectivity index (χ0n) is 20.0. The van der Waals surface area contributed by atoms with Gasteiger partial charge in [0.25, 0.3) is 0 Å². The number of aryl methyl sites for hydroxylation is 4. The lowest BCUT2D eigenvalue weighted by Gasteiger charge is -2.36. The molecule has 7 heteroatoms. The van der Waals surface area contributed by atoms with E-state index in [4.69, 9.17) is 4.74 Å². The predicted molar refractivity (Wildman–Crippen MR) is 134 cm³/mol. The molecule has 2 unspecified atom stereocenters. The Balaban J connectivity index is 1.98. The normalized spacial score (nSPS) is 17.0. The van der Waals surface area contributed by atoms with Crippen molar-refractivity contribution in [2.75, 3.05) is 6.61 Å². The van der Waals surface area contributed by atoms with E-state index in [1.54, 1.807) is 6.07 Å². The molecule has 0 radical (unpaired) electrons. The minimum absolute atomic E-state index is 0.0563. The Hall–Kier alpha value is -3.74. The van der Waals surface area contributed by atoms with Gasteiger partial charge in [-0.15, -0.1) is 14.7 Å². The summed E-state index contributed by atoms with van der Waals surface area (Å²) in [5.41, 5.74) is 8.40. The maximum atomic E-state index is 11.6. The highest BCUT2D eigenvalue weighted by Gasteiger charge is 2.36. The summed E-state index contributed by atoms with van der Waals surface area (Å²) >= 11 is 0. The predicted octanol–water partition coefficient (Wildman–Crippen LogP) is 7.98. The fourth-order valence-corrected chi connectivity index (χ4v) is 5.21. The molecular formula is C27H27N3O4. The van der Waals surface area contributed by atoms with E-state index in [9.17, 15) is 14.7 Å². The molecule has 174 valence electrons. The highest BCUT2D eigenvalue weighted by atomic mass is 16.5. The summed E-state index contributed by atoms with van der Waals surface area (Å²) in [4.78, 5) is 34.1. The van der Waals surface area contributed by atoms with Crippen LogP contribution in [0.2, 0.25) is 0 Å². The Morgan fingerprint density at radius 3 is 2.03 bits per heavy atom. The Bertz CT molecular complexity index is 1290. The molecule has 1 aliphatic rings. The maximum Gasteiger partial charge on any atom is 0.128 e. The minimum Gasteiger partial charge on any atom is -0.492 e. The summed E-state index contributed by atoms with van der Waals surface area (Å²) in [6, 6.07) is 11.7. The van der Waals surface area contributed by atoms with Crippen LogP contribution >= 0.6 is 0 Å². The van der Waals surface area contributed by atoms with Gasteiger partial charge < -0.3 is 4.74 Å². The van der Waals surface area contributed by atoms with Crippen LogP contribution in [-0.4, -0.2) is 6.61 Å². The quantitative estimate of drug-likeness (QED) is 0.350. The Morgan fingerprint density at radius 2 is 1.47 bits per heavy atom. The van der Waals surface area contributed by atoms with Gasteiger partial charge in [-0.3, -0.25) is 0 Å². The third-order valence-corrected chi connectivity index (χ3v) is 6.92. The van der Waals surface area contributed by atoms with Gasteiger partial charge in [-0.2, -0.15) is 0 Å². The summed E-state index contributed by atoms with van der Waals surface area (Å²) in [5, 5.41) is 9.60. The fourth-order valence-electron chi connectivity index (χ4n) is 5.21. The van der Waals surface area contributed by atoms with Crippen LogP contribution in [0.1, 0.15) is 63.3 Å². The first-order valence-electron chi connectivity index (χ1n) is 11.3. The second-order valence-corrected chi connectivity index (χ2v) is 9.00. The number of fused-ring (bicyclic) bond motifs is 1. The van der Waals surface area contributed by atoms with Gasteiger partial charge in [0.1, 0.15) is 22.8 Å². The molecule has 1 heterocycles. The van der Waals surface area contributed by atoms with Gasteiger partial charge in [-0.05, 0) is 95.2 Å². The van der Waals surface area contributed by atoms with Crippen molar-refractivity contribution >= 4 is 17.1 Å². The molecule has 3 aromatic carbocycles. The largest absolute Gasteiger partial charge is 0.492 e. The van der Waals surface area contributed by atoms with E-state index >= 15 is 0 Å². The van der Waals surface area contributed by atoms with Crippen LogP contribution in [0.3, 0.4) is 0 Å². The van der Waals surface area contributed by atoms with Crippen molar-refractivity contribution in [2.24, 2.45) is 15.5 Å². The van der Waals surface area contributed by atoms with Gasteiger partial charge in [-0.1, -0.05) is 31.2 Å². The number of nitroso groups, excluding NO2 is 3. The Labute approximate surface area is 198 Å². The highest BCUT2D eigenvalue weighted by Crippen LogP contribution is 2.51. The molecular weight excluding hydrogens is 430 g/mol. The van der Waals surface area contributed by atoms with Gasteiger partial charge in [0.2, 0.25) is 0 Å². The van der Waals surface area contributed by atoms with E-state index in [2.05, 4.69) is 15.5 Å². The second kappa shape index (κ2) is 9.25. The van der Waals surface area contributed by atoms with Gasteiger partial charge in [0.05, 0.1) is 6.61 Å². The number of benzene rings is 3. The van der Waals surface area contributed by atoms with Crippen molar-refractivity contribution in [3.8, 4) is 5.75 Å².